The minimum atomic E-state index is -4.37. The van der Waals surface area contributed by atoms with Gasteiger partial charge in [-0.3, -0.25) is 13.9 Å². The van der Waals surface area contributed by atoms with E-state index >= 15 is 0 Å². The second-order valence-electron chi connectivity index (χ2n) is 12.2. The van der Waals surface area contributed by atoms with Crippen LogP contribution >= 0.6 is 46.4 Å². The van der Waals surface area contributed by atoms with Crippen LogP contribution in [0.15, 0.2) is 95.9 Å². The van der Waals surface area contributed by atoms with Crippen LogP contribution in [0.1, 0.15) is 48.8 Å². The molecule has 0 aliphatic heterocycles. The fourth-order valence-corrected chi connectivity index (χ4v) is 8.36. The molecule has 0 aromatic heterocycles. The number of carbonyl (C=O) groups is 2. The molecule has 12 heteroatoms. The molecule has 0 bridgehead atoms. The Morgan fingerprint density at radius 1 is 0.816 bits per heavy atom. The number of anilines is 1. The van der Waals surface area contributed by atoms with Gasteiger partial charge in [-0.05, 0) is 67.8 Å². The first-order chi connectivity index (χ1) is 23.4. The van der Waals surface area contributed by atoms with E-state index < -0.39 is 28.5 Å². The molecule has 1 saturated carbocycles. The van der Waals surface area contributed by atoms with Gasteiger partial charge in [0.15, 0.2) is 0 Å². The van der Waals surface area contributed by atoms with E-state index in [1.807, 2.05) is 37.3 Å². The van der Waals surface area contributed by atoms with E-state index in [1.54, 1.807) is 30.3 Å². The highest BCUT2D eigenvalue weighted by Crippen LogP contribution is 2.34. The molecule has 0 saturated heterocycles. The number of nitrogens with one attached hydrogen (secondary N) is 1. The summed E-state index contributed by atoms with van der Waals surface area (Å²) in [5.41, 5.74) is 2.12. The van der Waals surface area contributed by atoms with E-state index in [0.717, 1.165) is 47.5 Å². The molecule has 2 amide bonds. The van der Waals surface area contributed by atoms with Gasteiger partial charge in [-0.25, -0.2) is 8.42 Å². The number of hydrogen-bond acceptors (Lipinski definition) is 4. The van der Waals surface area contributed by atoms with Crippen molar-refractivity contribution in [3.63, 3.8) is 0 Å². The monoisotopic (exact) mass is 759 g/mol. The molecule has 1 atom stereocenters. The minimum Gasteiger partial charge on any atom is -0.352 e. The van der Waals surface area contributed by atoms with Crippen molar-refractivity contribution in [2.75, 3.05) is 10.8 Å². The molecule has 49 heavy (non-hydrogen) atoms. The van der Waals surface area contributed by atoms with Crippen LogP contribution in [0.4, 0.5) is 5.69 Å². The van der Waals surface area contributed by atoms with Crippen molar-refractivity contribution in [2.24, 2.45) is 0 Å². The van der Waals surface area contributed by atoms with E-state index in [-0.39, 0.29) is 45.5 Å². The molecular weight excluding hydrogens is 724 g/mol. The first-order valence-electron chi connectivity index (χ1n) is 16.0. The van der Waals surface area contributed by atoms with Crippen LogP contribution in [-0.4, -0.2) is 43.8 Å². The van der Waals surface area contributed by atoms with Crippen molar-refractivity contribution >= 4 is 73.9 Å². The van der Waals surface area contributed by atoms with Gasteiger partial charge in [-0.1, -0.05) is 120 Å². The van der Waals surface area contributed by atoms with E-state index in [4.69, 9.17) is 46.4 Å². The summed E-state index contributed by atoms with van der Waals surface area (Å²) in [6.45, 7) is 0.990. The van der Waals surface area contributed by atoms with Crippen LogP contribution in [0.3, 0.4) is 0 Å². The molecule has 0 unspecified atom stereocenters. The molecular formula is C37H37Cl4N3O4S. The normalized spacial score (nSPS) is 14.2. The number of hydrogen-bond donors (Lipinski definition) is 1. The maximum atomic E-state index is 14.8. The number of sulfonamides is 1. The van der Waals surface area contributed by atoms with Crippen molar-refractivity contribution < 1.29 is 18.0 Å². The first-order valence-corrected chi connectivity index (χ1v) is 19.0. The maximum absolute atomic E-state index is 14.8. The molecule has 1 aliphatic carbocycles. The summed E-state index contributed by atoms with van der Waals surface area (Å²) >= 11 is 26.2. The average Bonchev–Trinajstić information content (AvgIpc) is 3.08. The lowest BCUT2D eigenvalue weighted by Gasteiger charge is -2.35. The first kappa shape index (κ1) is 37.0. The molecule has 258 valence electrons. The van der Waals surface area contributed by atoms with E-state index in [2.05, 4.69) is 5.32 Å². The van der Waals surface area contributed by atoms with Crippen LogP contribution in [0.5, 0.6) is 0 Å². The standard InChI is InChI=1S/C37H37Cl4N3O4S/c1-25-15-18-29(19-16-25)49(47,48)44(34-22-27(38)17-20-33(34)41)24-36(45)43(23-30-31(39)13-8-14-32(30)40)35(21-26-9-4-2-5-10-26)37(46)42-28-11-6-3-7-12-28/h2,4-5,8-10,13-20,22,28,35H,3,6-7,11-12,21,23-24H2,1H3,(H,42,46)/t35-/m0/s1. The number of nitrogens with zero attached hydrogens (tertiary/aromatic N) is 2. The van der Waals surface area contributed by atoms with Crippen molar-refractivity contribution in [2.45, 2.75) is 69.0 Å². The third kappa shape index (κ3) is 9.30. The van der Waals surface area contributed by atoms with Gasteiger partial charge < -0.3 is 10.2 Å². The van der Waals surface area contributed by atoms with Crippen LogP contribution < -0.4 is 9.62 Å². The third-order valence-electron chi connectivity index (χ3n) is 8.68. The fourth-order valence-electron chi connectivity index (χ4n) is 5.98. The highest BCUT2D eigenvalue weighted by atomic mass is 35.5. The number of halogens is 4. The van der Waals surface area contributed by atoms with Gasteiger partial charge >= 0.3 is 0 Å². The topological polar surface area (TPSA) is 86.8 Å². The van der Waals surface area contributed by atoms with Gasteiger partial charge in [0.05, 0.1) is 15.6 Å². The summed E-state index contributed by atoms with van der Waals surface area (Å²) in [6.07, 6.45) is 4.94. The largest absolute Gasteiger partial charge is 0.352 e. The van der Waals surface area contributed by atoms with Crippen molar-refractivity contribution in [3.05, 3.63) is 128 Å². The molecule has 0 radical (unpaired) electrons. The lowest BCUT2D eigenvalue weighted by molar-refractivity contribution is -0.140. The van der Waals surface area contributed by atoms with Crippen LogP contribution in [-0.2, 0) is 32.6 Å². The Morgan fingerprint density at radius 3 is 2.12 bits per heavy atom. The highest BCUT2D eigenvalue weighted by molar-refractivity contribution is 7.92. The summed E-state index contributed by atoms with van der Waals surface area (Å²) in [5, 5.41) is 4.09. The molecule has 5 rings (SSSR count). The summed E-state index contributed by atoms with van der Waals surface area (Å²) in [7, 11) is -4.37. The van der Waals surface area contributed by atoms with Gasteiger partial charge in [-0.2, -0.15) is 0 Å². The lowest BCUT2D eigenvalue weighted by Crippen LogP contribution is -2.55. The van der Waals surface area contributed by atoms with Crippen molar-refractivity contribution in [3.8, 4) is 0 Å². The Morgan fingerprint density at radius 2 is 1.47 bits per heavy atom. The molecule has 1 N–H and O–H groups in total. The van der Waals surface area contributed by atoms with Crippen molar-refractivity contribution in [1.29, 1.82) is 0 Å². The zero-order valence-electron chi connectivity index (χ0n) is 26.9. The predicted octanol–water partition coefficient (Wildman–Crippen LogP) is 8.89. The van der Waals surface area contributed by atoms with E-state index in [0.29, 0.717) is 15.6 Å². The van der Waals surface area contributed by atoms with E-state index in [1.165, 1.54) is 35.2 Å². The highest BCUT2D eigenvalue weighted by Gasteiger charge is 2.36. The summed E-state index contributed by atoms with van der Waals surface area (Å²) in [5.74, 6) is -1.01. The Kier molecular flexibility index (Phi) is 12.6. The fraction of sp³-hybridized carbons (Fsp3) is 0.297. The van der Waals surface area contributed by atoms with Gasteiger partial charge in [0.2, 0.25) is 11.8 Å². The van der Waals surface area contributed by atoms with Gasteiger partial charge in [0.1, 0.15) is 12.6 Å². The third-order valence-corrected chi connectivity index (χ3v) is 11.7. The zero-order chi connectivity index (χ0) is 35.1. The number of rotatable bonds is 12. The molecule has 7 nitrogen and oxygen atoms in total. The Labute approximate surface area is 308 Å². The number of amides is 2. The molecule has 1 aliphatic rings. The Balaban J connectivity index is 1.61. The van der Waals surface area contributed by atoms with Gasteiger partial charge in [0, 0.05) is 39.6 Å². The molecule has 4 aromatic carbocycles. The van der Waals surface area contributed by atoms with Crippen molar-refractivity contribution in [1.82, 2.24) is 10.2 Å². The quantitative estimate of drug-likeness (QED) is 0.156. The van der Waals surface area contributed by atoms with Crippen LogP contribution in [0.25, 0.3) is 0 Å². The number of aryl methyl sites for hydroxylation is 1. The second-order valence-corrected chi connectivity index (χ2v) is 15.7. The van der Waals surface area contributed by atoms with Crippen LogP contribution in [0, 0.1) is 6.92 Å². The maximum Gasteiger partial charge on any atom is 0.264 e. The number of carbonyl (C=O) groups excluding carboxylic acids is 2. The molecule has 0 heterocycles. The molecule has 0 spiro atoms. The Hall–Kier alpha value is -3.27. The summed E-state index contributed by atoms with van der Waals surface area (Å²) in [6, 6.07) is 24.0. The predicted molar refractivity (Wildman–Crippen MR) is 198 cm³/mol. The summed E-state index contributed by atoms with van der Waals surface area (Å²) < 4.78 is 29.6. The second kappa shape index (κ2) is 16.6. The van der Waals surface area contributed by atoms with Gasteiger partial charge in [-0.15, -0.1) is 0 Å². The van der Waals surface area contributed by atoms with Crippen LogP contribution in [0.2, 0.25) is 20.1 Å². The van der Waals surface area contributed by atoms with E-state index in [9.17, 15) is 18.0 Å². The SMILES string of the molecule is Cc1ccc(S(=O)(=O)N(CC(=O)N(Cc2c(Cl)cccc2Cl)[C@@H](Cc2ccccc2)C(=O)NC2CCCCC2)c2cc(Cl)ccc2Cl)cc1. The van der Waals surface area contributed by atoms with Gasteiger partial charge in [0.25, 0.3) is 10.0 Å². The Bertz CT molecular complexity index is 1870. The average molecular weight is 762 g/mol. The number of benzene rings is 4. The zero-order valence-corrected chi connectivity index (χ0v) is 30.8. The smallest absolute Gasteiger partial charge is 0.264 e. The molecule has 1 fully saturated rings. The minimum absolute atomic E-state index is 0.0186. The summed E-state index contributed by atoms with van der Waals surface area (Å²) in [4.78, 5) is 30.4. The molecule has 4 aromatic rings. The lowest BCUT2D eigenvalue weighted by atomic mass is 9.94.